The fraction of sp³-hybridized carbons (Fsp3) is 0.625. The number of fused-ring (bicyclic) bond motifs is 1. The molecule has 0 aromatic heterocycles. The topological polar surface area (TPSA) is 23.5 Å². The summed E-state index contributed by atoms with van der Waals surface area (Å²) in [4.78, 5) is 2.28. The predicted molar refractivity (Wildman–Crippen MR) is 73.7 cm³/mol. The van der Waals surface area contributed by atoms with E-state index in [1.54, 1.807) is 0 Å². The average molecular weight is 245 g/mol. The molecule has 1 heterocycles. The van der Waals surface area contributed by atoms with Crippen LogP contribution in [0.15, 0.2) is 30.3 Å². The van der Waals surface area contributed by atoms with Gasteiger partial charge < -0.3 is 10.0 Å². The smallest absolute Gasteiger partial charge is 0.0870 e. The summed E-state index contributed by atoms with van der Waals surface area (Å²) in [6.07, 6.45) is 5.59. The maximum absolute atomic E-state index is 11.2. The van der Waals surface area contributed by atoms with E-state index in [4.69, 9.17) is 0 Å². The summed E-state index contributed by atoms with van der Waals surface area (Å²) in [6.45, 7) is 1.92. The molecule has 2 nitrogen and oxygen atoms in total. The van der Waals surface area contributed by atoms with Crippen molar-refractivity contribution in [1.29, 1.82) is 0 Å². The summed E-state index contributed by atoms with van der Waals surface area (Å²) in [5, 5.41) is 11.2. The third-order valence-corrected chi connectivity index (χ3v) is 5.11. The first kappa shape index (κ1) is 12.2. The van der Waals surface area contributed by atoms with Crippen LogP contribution in [0.5, 0.6) is 0 Å². The van der Waals surface area contributed by atoms with Gasteiger partial charge in [0.15, 0.2) is 0 Å². The van der Waals surface area contributed by atoms with Gasteiger partial charge >= 0.3 is 0 Å². The Labute approximate surface area is 110 Å². The molecule has 1 aromatic rings. The van der Waals surface area contributed by atoms with Crippen LogP contribution >= 0.6 is 0 Å². The lowest BCUT2D eigenvalue weighted by molar-refractivity contribution is -0.116. The minimum absolute atomic E-state index is 0.000972. The standard InChI is InChI=1S/C16H23NO/c1-17-12-11-15(14-7-3-2-4-8-14)9-5-6-10-16(15,18)13-17/h2-4,7-8,18H,5-6,9-13H2,1H3. The molecule has 1 aromatic carbocycles. The van der Waals surface area contributed by atoms with Crippen LogP contribution in [0.4, 0.5) is 0 Å². The van der Waals surface area contributed by atoms with E-state index < -0.39 is 5.60 Å². The van der Waals surface area contributed by atoms with Crippen molar-refractivity contribution in [2.45, 2.75) is 43.1 Å². The van der Waals surface area contributed by atoms with Crippen LogP contribution in [0.25, 0.3) is 0 Å². The van der Waals surface area contributed by atoms with Gasteiger partial charge in [0, 0.05) is 12.0 Å². The zero-order valence-electron chi connectivity index (χ0n) is 11.2. The summed E-state index contributed by atoms with van der Waals surface area (Å²) in [5.41, 5.74) is 0.818. The highest BCUT2D eigenvalue weighted by Gasteiger charge is 2.54. The van der Waals surface area contributed by atoms with Crippen molar-refractivity contribution in [3.8, 4) is 0 Å². The quantitative estimate of drug-likeness (QED) is 0.822. The molecule has 1 saturated carbocycles. The summed E-state index contributed by atoms with van der Waals surface area (Å²) in [6, 6.07) is 10.7. The Morgan fingerprint density at radius 2 is 1.78 bits per heavy atom. The number of nitrogens with zero attached hydrogens (tertiary/aromatic N) is 1. The van der Waals surface area contributed by atoms with Gasteiger partial charge in [0.05, 0.1) is 5.60 Å². The van der Waals surface area contributed by atoms with Crippen molar-refractivity contribution >= 4 is 0 Å². The second-order valence-electron chi connectivity index (χ2n) is 6.17. The minimum Gasteiger partial charge on any atom is -0.388 e. The lowest BCUT2D eigenvalue weighted by atomic mass is 9.56. The largest absolute Gasteiger partial charge is 0.388 e. The Balaban J connectivity index is 2.05. The van der Waals surface area contributed by atoms with Crippen molar-refractivity contribution in [2.75, 3.05) is 20.1 Å². The fourth-order valence-corrected chi connectivity index (χ4v) is 4.13. The molecule has 2 atom stereocenters. The number of β-amino-alcohol motifs (C(OH)–C–C–N with tert-alkyl or cyclic N) is 1. The number of aliphatic hydroxyl groups is 1. The third-order valence-electron chi connectivity index (χ3n) is 5.11. The van der Waals surface area contributed by atoms with Gasteiger partial charge in [-0.15, -0.1) is 0 Å². The lowest BCUT2D eigenvalue weighted by Crippen LogP contribution is -2.63. The Morgan fingerprint density at radius 3 is 2.56 bits per heavy atom. The second kappa shape index (κ2) is 4.36. The molecule has 0 amide bonds. The van der Waals surface area contributed by atoms with Crippen LogP contribution < -0.4 is 0 Å². The van der Waals surface area contributed by atoms with Crippen LogP contribution in [0.3, 0.4) is 0 Å². The number of benzene rings is 1. The average Bonchev–Trinajstić information content (AvgIpc) is 2.39. The van der Waals surface area contributed by atoms with Crippen LogP contribution in [0, 0.1) is 0 Å². The molecule has 0 bridgehead atoms. The summed E-state index contributed by atoms with van der Waals surface area (Å²) < 4.78 is 0. The minimum atomic E-state index is -0.528. The Kier molecular flexibility index (Phi) is 2.95. The number of likely N-dealkylation sites (N-methyl/N-ethyl adjacent to an activating group) is 1. The van der Waals surface area contributed by atoms with Gasteiger partial charge in [0.25, 0.3) is 0 Å². The highest BCUT2D eigenvalue weighted by molar-refractivity contribution is 5.32. The van der Waals surface area contributed by atoms with Gasteiger partial charge in [-0.05, 0) is 38.4 Å². The van der Waals surface area contributed by atoms with Crippen LogP contribution in [-0.4, -0.2) is 35.7 Å². The number of hydrogen-bond donors (Lipinski definition) is 1. The van der Waals surface area contributed by atoms with Gasteiger partial charge in [0.1, 0.15) is 0 Å². The Hall–Kier alpha value is -0.860. The molecule has 2 heteroatoms. The van der Waals surface area contributed by atoms with Crippen molar-refractivity contribution in [2.24, 2.45) is 0 Å². The van der Waals surface area contributed by atoms with Gasteiger partial charge in [-0.25, -0.2) is 0 Å². The van der Waals surface area contributed by atoms with Gasteiger partial charge in [-0.3, -0.25) is 0 Å². The van der Waals surface area contributed by atoms with Crippen molar-refractivity contribution < 1.29 is 5.11 Å². The normalized spacial score (nSPS) is 37.2. The van der Waals surface area contributed by atoms with E-state index in [0.717, 1.165) is 32.4 Å². The van der Waals surface area contributed by atoms with Gasteiger partial charge in [0.2, 0.25) is 0 Å². The summed E-state index contributed by atoms with van der Waals surface area (Å²) in [7, 11) is 2.13. The molecular weight excluding hydrogens is 222 g/mol. The van der Waals surface area contributed by atoms with E-state index in [1.807, 2.05) is 0 Å². The first-order chi connectivity index (χ1) is 8.66. The van der Waals surface area contributed by atoms with Crippen molar-refractivity contribution in [1.82, 2.24) is 4.90 Å². The maximum atomic E-state index is 11.2. The van der Waals surface area contributed by atoms with E-state index >= 15 is 0 Å². The second-order valence-corrected chi connectivity index (χ2v) is 6.17. The Morgan fingerprint density at radius 1 is 1.06 bits per heavy atom. The zero-order valence-corrected chi connectivity index (χ0v) is 11.2. The number of piperidine rings is 1. The highest BCUT2D eigenvalue weighted by atomic mass is 16.3. The van der Waals surface area contributed by atoms with Crippen LogP contribution in [0.2, 0.25) is 0 Å². The molecule has 2 aliphatic rings. The van der Waals surface area contributed by atoms with Crippen molar-refractivity contribution in [3.63, 3.8) is 0 Å². The summed E-state index contributed by atoms with van der Waals surface area (Å²) >= 11 is 0. The molecule has 1 aliphatic carbocycles. The number of likely N-dealkylation sites (tertiary alicyclic amines) is 1. The van der Waals surface area contributed by atoms with Crippen molar-refractivity contribution in [3.05, 3.63) is 35.9 Å². The molecule has 2 unspecified atom stereocenters. The molecule has 98 valence electrons. The molecule has 0 radical (unpaired) electrons. The first-order valence-electron chi connectivity index (χ1n) is 7.13. The molecule has 1 saturated heterocycles. The Bertz CT molecular complexity index is 418. The van der Waals surface area contributed by atoms with Gasteiger partial charge in [-0.1, -0.05) is 43.2 Å². The van der Waals surface area contributed by atoms with E-state index in [1.165, 1.54) is 18.4 Å². The zero-order chi connectivity index (χ0) is 12.6. The molecule has 3 rings (SSSR count). The predicted octanol–water partition coefficient (Wildman–Crippen LogP) is 2.57. The number of rotatable bonds is 1. The molecule has 1 N–H and O–H groups in total. The first-order valence-corrected chi connectivity index (χ1v) is 7.13. The van der Waals surface area contributed by atoms with Gasteiger partial charge in [-0.2, -0.15) is 0 Å². The molecule has 2 fully saturated rings. The maximum Gasteiger partial charge on any atom is 0.0870 e. The van der Waals surface area contributed by atoms with E-state index in [2.05, 4.69) is 42.3 Å². The molecule has 0 spiro atoms. The SMILES string of the molecule is CN1CCC2(c3ccccc3)CCCCC2(O)C1. The lowest BCUT2D eigenvalue weighted by Gasteiger charge is -2.56. The molecule has 1 aliphatic heterocycles. The number of hydrogen-bond acceptors (Lipinski definition) is 2. The van der Waals surface area contributed by atoms with E-state index in [9.17, 15) is 5.11 Å². The van der Waals surface area contributed by atoms with Crippen LogP contribution in [-0.2, 0) is 5.41 Å². The van der Waals surface area contributed by atoms with E-state index in [0.29, 0.717) is 0 Å². The summed E-state index contributed by atoms with van der Waals surface area (Å²) in [5.74, 6) is 0. The van der Waals surface area contributed by atoms with Crippen LogP contribution in [0.1, 0.15) is 37.7 Å². The fourth-order valence-electron chi connectivity index (χ4n) is 4.13. The monoisotopic (exact) mass is 245 g/mol. The highest BCUT2D eigenvalue weighted by Crippen LogP contribution is 2.51. The third kappa shape index (κ3) is 1.70. The van der Waals surface area contributed by atoms with E-state index in [-0.39, 0.29) is 5.41 Å². The molecular formula is C16H23NO. The molecule has 18 heavy (non-hydrogen) atoms.